The normalized spacial score (nSPS) is 16.5. The molecule has 0 aromatic carbocycles. The summed E-state index contributed by atoms with van der Waals surface area (Å²) in [5, 5.41) is 0. The van der Waals surface area contributed by atoms with Crippen LogP contribution < -0.4 is 0 Å². The van der Waals surface area contributed by atoms with Gasteiger partial charge in [0.05, 0.1) is 0 Å². The van der Waals surface area contributed by atoms with Crippen molar-refractivity contribution >= 4 is 12.1 Å². The average molecular weight is 226 g/mol. The molecule has 0 aromatic rings. The van der Waals surface area contributed by atoms with Crippen molar-refractivity contribution in [3.8, 4) is 0 Å². The molecule has 0 radical (unpaired) electrons. The van der Waals surface area contributed by atoms with E-state index in [1.807, 2.05) is 13.8 Å². The number of rotatable bonds is 9. The van der Waals surface area contributed by atoms with E-state index in [1.54, 1.807) is 0 Å². The van der Waals surface area contributed by atoms with Gasteiger partial charge in [-0.25, -0.2) is 0 Å². The second kappa shape index (κ2) is 8.49. The summed E-state index contributed by atoms with van der Waals surface area (Å²) >= 11 is 0. The van der Waals surface area contributed by atoms with Gasteiger partial charge in [0.2, 0.25) is 0 Å². The van der Waals surface area contributed by atoms with Gasteiger partial charge in [-0.15, -0.1) is 0 Å². The molecule has 16 heavy (non-hydrogen) atoms. The van der Waals surface area contributed by atoms with Gasteiger partial charge in [-0.05, 0) is 19.3 Å². The van der Waals surface area contributed by atoms with Crippen LogP contribution in [0.1, 0.15) is 59.8 Å². The fraction of sp³-hybridized carbons (Fsp3) is 0.857. The zero-order valence-electron chi connectivity index (χ0n) is 11.2. The van der Waals surface area contributed by atoms with Gasteiger partial charge in [0, 0.05) is 17.8 Å². The van der Waals surface area contributed by atoms with Gasteiger partial charge in [-0.3, -0.25) is 4.79 Å². The average Bonchev–Trinajstić information content (AvgIpc) is 2.31. The highest BCUT2D eigenvalue weighted by atomic mass is 16.1. The lowest BCUT2D eigenvalue weighted by Crippen LogP contribution is -2.28. The van der Waals surface area contributed by atoms with Gasteiger partial charge in [-0.2, -0.15) is 0 Å². The van der Waals surface area contributed by atoms with Crippen molar-refractivity contribution in [3.05, 3.63) is 0 Å². The molecule has 0 saturated heterocycles. The first-order valence-electron chi connectivity index (χ1n) is 6.61. The molecule has 0 fully saturated rings. The summed E-state index contributed by atoms with van der Waals surface area (Å²) in [6.45, 7) is 8.07. The Labute approximate surface area is 99.8 Å². The number of carbonyl (C=O) groups is 2. The van der Waals surface area contributed by atoms with Gasteiger partial charge >= 0.3 is 0 Å². The van der Waals surface area contributed by atoms with Crippen LogP contribution in [0.3, 0.4) is 0 Å². The predicted molar refractivity (Wildman–Crippen MR) is 67.3 cm³/mol. The Morgan fingerprint density at radius 3 is 2.19 bits per heavy atom. The van der Waals surface area contributed by atoms with Crippen molar-refractivity contribution < 1.29 is 9.59 Å². The van der Waals surface area contributed by atoms with Crippen LogP contribution in [0.5, 0.6) is 0 Å². The zero-order valence-corrected chi connectivity index (χ0v) is 11.2. The lowest BCUT2D eigenvalue weighted by molar-refractivity contribution is -0.130. The molecule has 2 nitrogen and oxygen atoms in total. The Balaban J connectivity index is 4.41. The van der Waals surface area contributed by atoms with Crippen molar-refractivity contribution in [1.82, 2.24) is 0 Å². The van der Waals surface area contributed by atoms with Gasteiger partial charge in [0.1, 0.15) is 12.1 Å². The van der Waals surface area contributed by atoms with Gasteiger partial charge in [0.15, 0.2) is 0 Å². The van der Waals surface area contributed by atoms with Crippen LogP contribution in [-0.2, 0) is 9.59 Å². The highest BCUT2D eigenvalue weighted by Gasteiger charge is 2.27. The Morgan fingerprint density at radius 1 is 1.19 bits per heavy atom. The Bertz CT molecular complexity index is 211. The van der Waals surface area contributed by atoms with E-state index in [1.165, 1.54) is 0 Å². The highest BCUT2D eigenvalue weighted by molar-refractivity contribution is 5.85. The number of Topliss-reactive ketones (excluding diaryl/α,β-unsaturated/α-hetero) is 1. The molecule has 2 heteroatoms. The molecule has 0 spiro atoms. The van der Waals surface area contributed by atoms with Crippen molar-refractivity contribution in [2.45, 2.75) is 59.8 Å². The van der Waals surface area contributed by atoms with Crippen LogP contribution in [0.25, 0.3) is 0 Å². The molecule has 3 unspecified atom stereocenters. The first kappa shape index (κ1) is 15.3. The summed E-state index contributed by atoms with van der Waals surface area (Å²) in [6.07, 6.45) is 5.82. The summed E-state index contributed by atoms with van der Waals surface area (Å²) in [5.41, 5.74) is 0. The third kappa shape index (κ3) is 4.46. The minimum Gasteiger partial charge on any atom is -0.303 e. The molecule has 0 aromatic heterocycles. The van der Waals surface area contributed by atoms with Crippen molar-refractivity contribution in [3.63, 3.8) is 0 Å². The Kier molecular flexibility index (Phi) is 8.14. The van der Waals surface area contributed by atoms with Crippen molar-refractivity contribution in [1.29, 1.82) is 0 Å². The summed E-state index contributed by atoms with van der Waals surface area (Å²) < 4.78 is 0. The van der Waals surface area contributed by atoms with Gasteiger partial charge in [-0.1, -0.05) is 40.5 Å². The van der Waals surface area contributed by atoms with Crippen LogP contribution in [0.15, 0.2) is 0 Å². The van der Waals surface area contributed by atoms with Crippen LogP contribution in [0.4, 0.5) is 0 Å². The Hall–Kier alpha value is -0.660. The first-order valence-corrected chi connectivity index (χ1v) is 6.61. The van der Waals surface area contributed by atoms with E-state index in [-0.39, 0.29) is 23.5 Å². The maximum absolute atomic E-state index is 12.2. The van der Waals surface area contributed by atoms with E-state index in [2.05, 4.69) is 13.8 Å². The molecule has 0 amide bonds. The van der Waals surface area contributed by atoms with Gasteiger partial charge in [0.25, 0.3) is 0 Å². The lowest BCUT2D eigenvalue weighted by atomic mass is 9.81. The van der Waals surface area contributed by atoms with Gasteiger partial charge < -0.3 is 4.79 Å². The second-order valence-electron chi connectivity index (χ2n) is 4.65. The minimum absolute atomic E-state index is 0.0943. The van der Waals surface area contributed by atoms with E-state index >= 15 is 0 Å². The number of hydrogen-bond acceptors (Lipinski definition) is 2. The number of unbranched alkanes of at least 4 members (excludes halogenated alkanes) is 1. The first-order chi connectivity index (χ1) is 7.62. The molecule has 94 valence electrons. The molecule has 3 atom stereocenters. The van der Waals surface area contributed by atoms with E-state index < -0.39 is 0 Å². The number of carbonyl (C=O) groups excluding carboxylic acids is 2. The second-order valence-corrected chi connectivity index (χ2v) is 4.65. The monoisotopic (exact) mass is 226 g/mol. The summed E-state index contributed by atoms with van der Waals surface area (Å²) in [6, 6.07) is 0. The van der Waals surface area contributed by atoms with E-state index in [9.17, 15) is 9.59 Å². The summed E-state index contributed by atoms with van der Waals surface area (Å²) in [7, 11) is 0. The van der Waals surface area contributed by atoms with E-state index in [0.29, 0.717) is 0 Å². The third-order valence-corrected chi connectivity index (χ3v) is 3.54. The number of ketones is 1. The molecule has 0 bridgehead atoms. The van der Waals surface area contributed by atoms with Crippen molar-refractivity contribution in [2.24, 2.45) is 17.8 Å². The third-order valence-electron chi connectivity index (χ3n) is 3.54. The topological polar surface area (TPSA) is 34.1 Å². The molecule has 0 aliphatic heterocycles. The van der Waals surface area contributed by atoms with Crippen molar-refractivity contribution in [2.75, 3.05) is 0 Å². The minimum atomic E-state index is -0.107. The molecule has 0 aliphatic carbocycles. The maximum Gasteiger partial charge on any atom is 0.139 e. The van der Waals surface area contributed by atoms with Crippen LogP contribution in [0, 0.1) is 17.8 Å². The standard InChI is InChI=1S/C14H26O2/c1-5-8-9-12(6-2)14(16)11(4)13(7-3)10-15/h10-13H,5-9H2,1-4H3. The quantitative estimate of drug-likeness (QED) is 0.563. The highest BCUT2D eigenvalue weighted by Crippen LogP contribution is 2.23. The van der Waals surface area contributed by atoms with E-state index in [4.69, 9.17) is 0 Å². The molecule has 0 N–H and O–H groups in total. The van der Waals surface area contributed by atoms with Crippen LogP contribution >= 0.6 is 0 Å². The molecular formula is C14H26O2. The van der Waals surface area contributed by atoms with Crippen LogP contribution in [0.2, 0.25) is 0 Å². The lowest BCUT2D eigenvalue weighted by Gasteiger charge is -2.21. The molecule has 0 rings (SSSR count). The van der Waals surface area contributed by atoms with E-state index in [0.717, 1.165) is 38.4 Å². The molecule has 0 saturated carbocycles. The molecule has 0 aliphatic rings. The largest absolute Gasteiger partial charge is 0.303 e. The summed E-state index contributed by atoms with van der Waals surface area (Å²) in [5.74, 6) is 0.242. The zero-order chi connectivity index (χ0) is 12.6. The predicted octanol–water partition coefficient (Wildman–Crippen LogP) is 3.63. The number of hydrogen-bond donors (Lipinski definition) is 0. The SMILES string of the molecule is CCCCC(CC)C(=O)C(C)C(C=O)CC. The molecular weight excluding hydrogens is 200 g/mol. The maximum atomic E-state index is 12.2. The van der Waals surface area contributed by atoms with Crippen LogP contribution in [-0.4, -0.2) is 12.1 Å². The number of aldehydes is 1. The molecule has 0 heterocycles. The smallest absolute Gasteiger partial charge is 0.139 e. The Morgan fingerprint density at radius 2 is 1.81 bits per heavy atom. The fourth-order valence-electron chi connectivity index (χ4n) is 2.15. The summed E-state index contributed by atoms with van der Waals surface area (Å²) in [4.78, 5) is 23.0. The fourth-order valence-corrected chi connectivity index (χ4v) is 2.15.